The van der Waals surface area contributed by atoms with E-state index in [0.717, 1.165) is 25.0 Å². The van der Waals surface area contributed by atoms with Crippen molar-refractivity contribution in [3.63, 3.8) is 0 Å². The minimum absolute atomic E-state index is 0.749. The molecule has 1 atom stereocenters. The highest BCUT2D eigenvalue weighted by atomic mass is 127. The van der Waals surface area contributed by atoms with Crippen LogP contribution in [0.25, 0.3) is 11.3 Å². The van der Waals surface area contributed by atoms with Crippen molar-refractivity contribution in [1.29, 1.82) is 0 Å². The van der Waals surface area contributed by atoms with Crippen LogP contribution >= 0.6 is 28.4 Å². The molecule has 0 aromatic carbocycles. The molecule has 0 spiro atoms. The second-order valence-electron chi connectivity index (χ2n) is 4.11. The van der Waals surface area contributed by atoms with E-state index in [2.05, 4.69) is 62.3 Å². The standard InChI is InChI=1S/C12H13IN3P/c13-17-16-7-5-9(8-16)10-3-4-11-12(15-10)2-1-6-14-11/h3-5,7-8,14,17H,1-2,6H2. The number of pyridine rings is 1. The van der Waals surface area contributed by atoms with Crippen LogP contribution in [-0.2, 0) is 6.42 Å². The highest BCUT2D eigenvalue weighted by Crippen LogP contribution is 2.29. The summed E-state index contributed by atoms with van der Waals surface area (Å²) in [4.78, 5) is 4.76. The number of nitrogens with one attached hydrogen (secondary N) is 1. The molecule has 0 bridgehead atoms. The van der Waals surface area contributed by atoms with Crippen molar-refractivity contribution in [2.45, 2.75) is 12.8 Å². The SMILES string of the molecule is IPn1ccc(-c2ccc3c(n2)CCCN3)c1. The largest absolute Gasteiger partial charge is 0.384 e. The third-order valence-electron chi connectivity index (χ3n) is 2.97. The molecule has 0 fully saturated rings. The Balaban J connectivity index is 1.97. The summed E-state index contributed by atoms with van der Waals surface area (Å²) in [5.41, 5.74) is 4.71. The van der Waals surface area contributed by atoms with Crippen molar-refractivity contribution in [3.8, 4) is 11.3 Å². The molecule has 1 aliphatic rings. The van der Waals surface area contributed by atoms with E-state index in [1.54, 1.807) is 0 Å². The lowest BCUT2D eigenvalue weighted by molar-refractivity contribution is 0.803. The summed E-state index contributed by atoms with van der Waals surface area (Å²) < 4.78 is 2.19. The summed E-state index contributed by atoms with van der Waals surface area (Å²) in [5.74, 6) is 0. The van der Waals surface area contributed by atoms with E-state index in [0.29, 0.717) is 0 Å². The second kappa shape index (κ2) is 4.94. The summed E-state index contributed by atoms with van der Waals surface area (Å²) >= 11 is 2.38. The maximum atomic E-state index is 4.76. The van der Waals surface area contributed by atoms with Crippen molar-refractivity contribution in [2.75, 3.05) is 11.9 Å². The normalized spacial score (nSPS) is 14.9. The average molecular weight is 357 g/mol. The molecule has 1 aliphatic heterocycles. The number of aryl methyl sites for hydroxylation is 1. The van der Waals surface area contributed by atoms with Crippen molar-refractivity contribution < 1.29 is 0 Å². The summed E-state index contributed by atoms with van der Waals surface area (Å²) in [6.07, 6.45) is 7.29. The number of fused-ring (bicyclic) bond motifs is 1. The Kier molecular flexibility index (Phi) is 3.34. The first-order chi connectivity index (χ1) is 8.36. The van der Waals surface area contributed by atoms with E-state index >= 15 is 0 Å². The molecular formula is C12H13IN3P. The maximum absolute atomic E-state index is 4.76. The Morgan fingerprint density at radius 1 is 1.35 bits per heavy atom. The average Bonchev–Trinajstić information content (AvgIpc) is 2.87. The van der Waals surface area contributed by atoms with Crippen molar-refractivity contribution in [2.24, 2.45) is 0 Å². The lowest BCUT2D eigenvalue weighted by Crippen LogP contribution is -2.13. The van der Waals surface area contributed by atoms with Gasteiger partial charge in [-0.1, -0.05) is 0 Å². The van der Waals surface area contributed by atoms with E-state index in [9.17, 15) is 0 Å². The van der Waals surface area contributed by atoms with Gasteiger partial charge in [-0.2, -0.15) is 0 Å². The van der Waals surface area contributed by atoms with Crippen LogP contribution in [-0.4, -0.2) is 15.9 Å². The fourth-order valence-corrected chi connectivity index (χ4v) is 3.31. The topological polar surface area (TPSA) is 29.9 Å². The van der Waals surface area contributed by atoms with Gasteiger partial charge in [-0.05, 0) is 53.1 Å². The van der Waals surface area contributed by atoms with Gasteiger partial charge in [-0.3, -0.25) is 4.98 Å². The lowest BCUT2D eigenvalue weighted by atomic mass is 10.1. The number of anilines is 1. The van der Waals surface area contributed by atoms with Gasteiger partial charge >= 0.3 is 0 Å². The van der Waals surface area contributed by atoms with Gasteiger partial charge in [0.25, 0.3) is 0 Å². The quantitative estimate of drug-likeness (QED) is 0.656. The molecule has 0 radical (unpaired) electrons. The van der Waals surface area contributed by atoms with E-state index in [4.69, 9.17) is 4.98 Å². The summed E-state index contributed by atoms with van der Waals surface area (Å²) in [6.45, 7) is 1.07. The number of nitrogens with zero attached hydrogens (tertiary/aromatic N) is 2. The van der Waals surface area contributed by atoms with Crippen molar-refractivity contribution >= 4 is 34.1 Å². The smallest absolute Gasteiger partial charge is 0.0722 e. The van der Waals surface area contributed by atoms with Crippen molar-refractivity contribution in [1.82, 2.24) is 9.32 Å². The Bertz CT molecular complexity index is 538. The summed E-state index contributed by atoms with van der Waals surface area (Å²) in [6, 6.07) is 6.39. The van der Waals surface area contributed by atoms with Crippen LogP contribution < -0.4 is 5.32 Å². The molecular weight excluding hydrogens is 344 g/mol. The van der Waals surface area contributed by atoms with Crippen molar-refractivity contribution in [3.05, 3.63) is 36.3 Å². The van der Waals surface area contributed by atoms with E-state index in [1.807, 2.05) is 0 Å². The zero-order chi connectivity index (χ0) is 11.7. The molecule has 1 unspecified atom stereocenters. The molecule has 3 heterocycles. The van der Waals surface area contributed by atoms with Crippen LogP contribution in [0, 0.1) is 0 Å². The van der Waals surface area contributed by atoms with Crippen LogP contribution in [0.3, 0.4) is 0 Å². The van der Waals surface area contributed by atoms with Crippen LogP contribution in [0.2, 0.25) is 0 Å². The van der Waals surface area contributed by atoms with Gasteiger partial charge in [-0.25, -0.2) is 0 Å². The highest BCUT2D eigenvalue weighted by molar-refractivity contribution is 14.2. The zero-order valence-electron chi connectivity index (χ0n) is 9.28. The van der Waals surface area contributed by atoms with Crippen LogP contribution in [0.15, 0.2) is 30.6 Å². The summed E-state index contributed by atoms with van der Waals surface area (Å²) in [5, 5.41) is 3.39. The molecule has 88 valence electrons. The number of rotatable bonds is 2. The maximum Gasteiger partial charge on any atom is 0.0722 e. The first-order valence-electron chi connectivity index (χ1n) is 5.65. The van der Waals surface area contributed by atoms with Gasteiger partial charge in [0.15, 0.2) is 0 Å². The van der Waals surface area contributed by atoms with Gasteiger partial charge in [0.05, 0.1) is 17.1 Å². The molecule has 3 nitrogen and oxygen atoms in total. The van der Waals surface area contributed by atoms with Gasteiger partial charge < -0.3 is 9.65 Å². The minimum atomic E-state index is 0.749. The predicted octanol–water partition coefficient (Wildman–Crippen LogP) is 3.70. The van der Waals surface area contributed by atoms with Crippen LogP contribution in [0.5, 0.6) is 0 Å². The number of aromatic nitrogens is 2. The molecule has 0 saturated carbocycles. The van der Waals surface area contributed by atoms with Crippen LogP contribution in [0.4, 0.5) is 5.69 Å². The van der Waals surface area contributed by atoms with Gasteiger partial charge in [0.2, 0.25) is 0 Å². The number of halogens is 1. The monoisotopic (exact) mass is 357 g/mol. The predicted molar refractivity (Wildman–Crippen MR) is 82.2 cm³/mol. The zero-order valence-corrected chi connectivity index (χ0v) is 12.4. The van der Waals surface area contributed by atoms with Gasteiger partial charge in [-0.15, -0.1) is 0 Å². The third-order valence-corrected chi connectivity index (χ3v) is 5.11. The first kappa shape index (κ1) is 11.5. The molecule has 0 aliphatic carbocycles. The van der Waals surface area contributed by atoms with Gasteiger partial charge in [0, 0.05) is 30.9 Å². The van der Waals surface area contributed by atoms with Gasteiger partial charge in [0.1, 0.15) is 0 Å². The Morgan fingerprint density at radius 2 is 2.29 bits per heavy atom. The van der Waals surface area contributed by atoms with E-state index < -0.39 is 0 Å². The molecule has 0 amide bonds. The molecule has 1 N–H and O–H groups in total. The first-order valence-corrected chi connectivity index (χ1v) is 9.72. The second-order valence-corrected chi connectivity index (χ2v) is 6.25. The molecule has 3 rings (SSSR count). The molecule has 5 heteroatoms. The molecule has 2 aromatic rings. The Morgan fingerprint density at radius 3 is 3.12 bits per heavy atom. The molecule has 2 aromatic heterocycles. The number of hydrogen-bond acceptors (Lipinski definition) is 2. The van der Waals surface area contributed by atoms with Crippen LogP contribution in [0.1, 0.15) is 12.1 Å². The lowest BCUT2D eigenvalue weighted by Gasteiger charge is -2.17. The minimum Gasteiger partial charge on any atom is -0.384 e. The van der Waals surface area contributed by atoms with E-state index in [1.165, 1.54) is 23.4 Å². The highest BCUT2D eigenvalue weighted by Gasteiger charge is 2.11. The number of hydrogen-bond donors (Lipinski definition) is 1. The molecule has 0 saturated heterocycles. The third kappa shape index (κ3) is 2.33. The molecule has 17 heavy (non-hydrogen) atoms. The fourth-order valence-electron chi connectivity index (χ4n) is 2.09. The Labute approximate surface area is 115 Å². The van der Waals surface area contributed by atoms with E-state index in [-0.39, 0.29) is 0 Å². The summed E-state index contributed by atoms with van der Waals surface area (Å²) in [7, 11) is 0. The Hall–Kier alpha value is -0.610. The fraction of sp³-hybridized carbons (Fsp3) is 0.250.